The van der Waals surface area contributed by atoms with Crippen molar-refractivity contribution in [2.75, 3.05) is 11.9 Å². The van der Waals surface area contributed by atoms with Crippen molar-refractivity contribution in [1.82, 2.24) is 0 Å². The van der Waals surface area contributed by atoms with Gasteiger partial charge in [-0.05, 0) is 36.8 Å². The second-order valence-corrected chi connectivity index (χ2v) is 6.19. The van der Waals surface area contributed by atoms with E-state index in [1.165, 1.54) is 6.08 Å². The number of hydrogen-bond donors (Lipinski definition) is 1. The smallest absolute Gasteiger partial charge is 0.416 e. The van der Waals surface area contributed by atoms with Gasteiger partial charge in [0.1, 0.15) is 0 Å². The molecule has 1 N–H and O–H groups in total. The summed E-state index contributed by atoms with van der Waals surface area (Å²) in [7, 11) is 0. The molecule has 0 saturated carbocycles. The van der Waals surface area contributed by atoms with Gasteiger partial charge < -0.3 is 10.1 Å². The number of carbonyl (C=O) groups excluding carboxylic acids is 2. The highest BCUT2D eigenvalue weighted by Gasteiger charge is 2.37. The Kier molecular flexibility index (Phi) is 6.91. The van der Waals surface area contributed by atoms with Crippen molar-refractivity contribution in [1.29, 1.82) is 0 Å². The fraction of sp³-hybridized carbons (Fsp3) is 0.200. The van der Waals surface area contributed by atoms with Crippen LogP contribution in [-0.2, 0) is 26.7 Å². The SMILES string of the molecule is Cc1ccc(/C=C/C(=O)OCC(=O)Nc2cc(C(F)(F)F)cc(C(F)(F)F)c2)cc1. The minimum Gasteiger partial charge on any atom is -0.452 e. The van der Waals surface area contributed by atoms with E-state index in [2.05, 4.69) is 4.74 Å². The summed E-state index contributed by atoms with van der Waals surface area (Å²) in [6.45, 7) is 0.983. The van der Waals surface area contributed by atoms with E-state index >= 15 is 0 Å². The van der Waals surface area contributed by atoms with Gasteiger partial charge in [-0.15, -0.1) is 0 Å². The maximum absolute atomic E-state index is 12.8. The van der Waals surface area contributed by atoms with Gasteiger partial charge in [0.15, 0.2) is 6.61 Å². The van der Waals surface area contributed by atoms with Crippen LogP contribution in [0.15, 0.2) is 48.5 Å². The fourth-order valence-corrected chi connectivity index (χ4v) is 2.25. The van der Waals surface area contributed by atoms with Crippen molar-refractivity contribution in [3.05, 3.63) is 70.8 Å². The number of alkyl halides is 6. The monoisotopic (exact) mass is 431 g/mol. The van der Waals surface area contributed by atoms with Gasteiger partial charge in [-0.3, -0.25) is 4.79 Å². The van der Waals surface area contributed by atoms with Crippen LogP contribution in [0.1, 0.15) is 22.3 Å². The Bertz CT molecular complexity index is 914. The maximum atomic E-state index is 12.8. The van der Waals surface area contributed by atoms with Gasteiger partial charge in [0.25, 0.3) is 5.91 Å². The van der Waals surface area contributed by atoms with E-state index in [9.17, 15) is 35.9 Å². The number of ether oxygens (including phenoxy) is 1. The Morgan fingerprint density at radius 1 is 0.933 bits per heavy atom. The molecule has 0 aliphatic heterocycles. The number of benzene rings is 2. The van der Waals surface area contributed by atoms with E-state index in [0.29, 0.717) is 17.7 Å². The molecule has 0 aliphatic carbocycles. The van der Waals surface area contributed by atoms with Crippen LogP contribution in [0, 0.1) is 6.92 Å². The molecule has 1 amide bonds. The summed E-state index contributed by atoms with van der Waals surface area (Å²) in [4.78, 5) is 23.4. The minimum absolute atomic E-state index is 0.0639. The molecule has 0 spiro atoms. The number of rotatable bonds is 5. The molecule has 0 radical (unpaired) electrons. The molecule has 0 atom stereocenters. The lowest BCUT2D eigenvalue weighted by atomic mass is 10.1. The minimum atomic E-state index is -5.05. The van der Waals surface area contributed by atoms with Crippen molar-refractivity contribution < 1.29 is 40.7 Å². The first-order chi connectivity index (χ1) is 13.8. The van der Waals surface area contributed by atoms with Gasteiger partial charge in [0.05, 0.1) is 11.1 Å². The molecule has 30 heavy (non-hydrogen) atoms. The summed E-state index contributed by atoms with van der Waals surface area (Å²) in [5.41, 5.74) is -2.19. The van der Waals surface area contributed by atoms with Gasteiger partial charge in [-0.2, -0.15) is 26.3 Å². The van der Waals surface area contributed by atoms with Crippen LogP contribution in [0.2, 0.25) is 0 Å². The number of aryl methyl sites for hydroxylation is 1. The molecule has 0 heterocycles. The first-order valence-electron chi connectivity index (χ1n) is 8.35. The third-order valence-corrected chi connectivity index (χ3v) is 3.71. The number of anilines is 1. The topological polar surface area (TPSA) is 55.4 Å². The summed E-state index contributed by atoms with van der Waals surface area (Å²) < 4.78 is 81.5. The third-order valence-electron chi connectivity index (χ3n) is 3.71. The highest BCUT2D eigenvalue weighted by atomic mass is 19.4. The number of esters is 1. The maximum Gasteiger partial charge on any atom is 0.416 e. The predicted molar refractivity (Wildman–Crippen MR) is 96.2 cm³/mol. The van der Waals surface area contributed by atoms with Crippen LogP contribution in [0.5, 0.6) is 0 Å². The molecule has 0 unspecified atom stereocenters. The molecular weight excluding hydrogens is 416 g/mol. The van der Waals surface area contributed by atoms with Gasteiger partial charge in [-0.1, -0.05) is 29.8 Å². The van der Waals surface area contributed by atoms with E-state index < -0.39 is 47.7 Å². The number of halogens is 6. The predicted octanol–water partition coefficient (Wildman–Crippen LogP) is 5.23. The highest BCUT2D eigenvalue weighted by Crippen LogP contribution is 2.37. The second kappa shape index (κ2) is 9.02. The van der Waals surface area contributed by atoms with Crippen LogP contribution in [0.3, 0.4) is 0 Å². The average Bonchev–Trinajstić information content (AvgIpc) is 2.64. The number of hydrogen-bond acceptors (Lipinski definition) is 3. The molecule has 10 heteroatoms. The largest absolute Gasteiger partial charge is 0.452 e. The Labute approximate surface area is 167 Å². The van der Waals surface area contributed by atoms with Crippen molar-refractivity contribution in [2.45, 2.75) is 19.3 Å². The Morgan fingerprint density at radius 2 is 1.47 bits per heavy atom. The first-order valence-corrected chi connectivity index (χ1v) is 8.35. The molecule has 160 valence electrons. The quantitative estimate of drug-likeness (QED) is 0.401. The third kappa shape index (κ3) is 6.94. The van der Waals surface area contributed by atoms with E-state index in [-0.39, 0.29) is 6.07 Å². The zero-order valence-corrected chi connectivity index (χ0v) is 15.4. The molecule has 0 saturated heterocycles. The molecule has 2 aromatic rings. The average molecular weight is 431 g/mol. The summed E-state index contributed by atoms with van der Waals surface area (Å²) >= 11 is 0. The molecule has 0 fully saturated rings. The van der Waals surface area contributed by atoms with Gasteiger partial charge in [0, 0.05) is 11.8 Å². The Hall–Kier alpha value is -3.30. The molecule has 2 aromatic carbocycles. The van der Waals surface area contributed by atoms with Crippen LogP contribution >= 0.6 is 0 Å². The van der Waals surface area contributed by atoms with Crippen molar-refractivity contribution in [2.24, 2.45) is 0 Å². The molecule has 0 aromatic heterocycles. The lowest BCUT2D eigenvalue weighted by molar-refractivity contribution is -0.143. The molecular formula is C20H15F6NO3. The summed E-state index contributed by atoms with van der Waals surface area (Å²) in [6, 6.07) is 7.73. The molecule has 2 rings (SSSR count). The molecule has 0 bridgehead atoms. The molecule has 4 nitrogen and oxygen atoms in total. The van der Waals surface area contributed by atoms with E-state index in [1.807, 2.05) is 24.4 Å². The number of nitrogens with one attached hydrogen (secondary N) is 1. The summed E-state index contributed by atoms with van der Waals surface area (Å²) in [5, 5.41) is 1.86. The van der Waals surface area contributed by atoms with Crippen LogP contribution < -0.4 is 5.32 Å². The van der Waals surface area contributed by atoms with Crippen LogP contribution in [0.4, 0.5) is 32.0 Å². The van der Waals surface area contributed by atoms with E-state index in [4.69, 9.17) is 0 Å². The van der Waals surface area contributed by atoms with Gasteiger partial charge in [0.2, 0.25) is 0 Å². The van der Waals surface area contributed by atoms with Crippen molar-refractivity contribution in [3.8, 4) is 0 Å². The Morgan fingerprint density at radius 3 is 1.97 bits per heavy atom. The zero-order valence-electron chi connectivity index (χ0n) is 15.4. The van der Waals surface area contributed by atoms with E-state index in [0.717, 1.165) is 11.6 Å². The molecule has 0 aliphatic rings. The summed E-state index contributed by atoms with van der Waals surface area (Å²) in [6.07, 6.45) is -7.64. The lowest BCUT2D eigenvalue weighted by Gasteiger charge is -2.14. The lowest BCUT2D eigenvalue weighted by Crippen LogP contribution is -2.21. The normalized spacial score (nSPS) is 12.1. The van der Waals surface area contributed by atoms with Crippen LogP contribution in [-0.4, -0.2) is 18.5 Å². The fourth-order valence-electron chi connectivity index (χ4n) is 2.25. The van der Waals surface area contributed by atoms with Crippen molar-refractivity contribution in [3.63, 3.8) is 0 Å². The van der Waals surface area contributed by atoms with Crippen LogP contribution in [0.25, 0.3) is 6.08 Å². The zero-order chi connectivity index (χ0) is 22.5. The Balaban J connectivity index is 2.01. The standard InChI is InChI=1S/C20H15F6NO3/c1-12-2-4-13(5-3-12)6-7-18(29)30-11-17(28)27-16-9-14(19(21,22)23)8-15(10-16)20(24,25)26/h2-10H,11H2,1H3,(H,27,28)/b7-6+. The number of carbonyl (C=O) groups is 2. The second-order valence-electron chi connectivity index (χ2n) is 6.19. The number of amides is 1. The first kappa shape index (κ1) is 23.0. The summed E-state index contributed by atoms with van der Waals surface area (Å²) in [5.74, 6) is -2.01. The highest BCUT2D eigenvalue weighted by molar-refractivity contribution is 5.94. The van der Waals surface area contributed by atoms with E-state index in [1.54, 1.807) is 12.1 Å². The van der Waals surface area contributed by atoms with Gasteiger partial charge in [-0.25, -0.2) is 4.79 Å². The van der Waals surface area contributed by atoms with Crippen molar-refractivity contribution >= 4 is 23.6 Å². The van der Waals surface area contributed by atoms with Gasteiger partial charge >= 0.3 is 18.3 Å².